The minimum atomic E-state index is -0.639. The van der Waals surface area contributed by atoms with Crippen LogP contribution in [0.4, 0.5) is 0 Å². The molecule has 0 aliphatic carbocycles. The molecule has 2 rings (SSSR count). The fraction of sp³-hybridized carbons (Fsp3) is 0.429. The Hall–Kier alpha value is -1.52. The molecule has 18 heavy (non-hydrogen) atoms. The standard InChI is InChI=1S/C14H20N2O2/c1-8-5-10-13(11(17)7-15)9(2)16(3)14(10)12(6-8)18-4/h5-6,11,17H,7,15H2,1-4H3. The van der Waals surface area contributed by atoms with Crippen LogP contribution in [0.3, 0.4) is 0 Å². The van der Waals surface area contributed by atoms with E-state index in [2.05, 4.69) is 6.07 Å². The maximum atomic E-state index is 10.1. The van der Waals surface area contributed by atoms with Gasteiger partial charge >= 0.3 is 0 Å². The molecule has 0 aliphatic rings. The van der Waals surface area contributed by atoms with Gasteiger partial charge in [-0.05, 0) is 31.5 Å². The Morgan fingerprint density at radius 1 is 1.39 bits per heavy atom. The molecule has 3 N–H and O–H groups in total. The van der Waals surface area contributed by atoms with E-state index in [0.717, 1.165) is 33.5 Å². The number of aliphatic hydroxyl groups excluding tert-OH is 1. The lowest BCUT2D eigenvalue weighted by Crippen LogP contribution is -2.12. The molecular weight excluding hydrogens is 228 g/mol. The van der Waals surface area contributed by atoms with Crippen molar-refractivity contribution >= 4 is 10.9 Å². The van der Waals surface area contributed by atoms with E-state index in [1.807, 2.05) is 31.5 Å². The highest BCUT2D eigenvalue weighted by atomic mass is 16.5. The van der Waals surface area contributed by atoms with Gasteiger partial charge in [-0.2, -0.15) is 0 Å². The summed E-state index contributed by atoms with van der Waals surface area (Å²) in [7, 11) is 3.64. The molecule has 0 bridgehead atoms. The number of nitrogens with zero attached hydrogens (tertiary/aromatic N) is 1. The summed E-state index contributed by atoms with van der Waals surface area (Å²) in [6, 6.07) is 4.07. The first-order valence-corrected chi connectivity index (χ1v) is 6.02. The van der Waals surface area contributed by atoms with Crippen LogP contribution in [-0.2, 0) is 7.05 Å². The minimum absolute atomic E-state index is 0.218. The summed E-state index contributed by atoms with van der Waals surface area (Å²) in [5.41, 5.74) is 9.62. The molecule has 1 heterocycles. The third kappa shape index (κ3) is 1.78. The van der Waals surface area contributed by atoms with Crippen molar-refractivity contribution in [3.05, 3.63) is 29.0 Å². The summed E-state index contributed by atoms with van der Waals surface area (Å²) in [5, 5.41) is 11.1. The molecule has 1 aromatic heterocycles. The maximum Gasteiger partial charge on any atom is 0.143 e. The average molecular weight is 248 g/mol. The molecule has 2 aromatic rings. The van der Waals surface area contributed by atoms with Crippen LogP contribution in [0.1, 0.15) is 22.9 Å². The lowest BCUT2D eigenvalue weighted by Gasteiger charge is -2.09. The summed E-state index contributed by atoms with van der Waals surface area (Å²) in [5.74, 6) is 0.825. The van der Waals surface area contributed by atoms with E-state index >= 15 is 0 Å². The Morgan fingerprint density at radius 2 is 2.06 bits per heavy atom. The summed E-state index contributed by atoms with van der Waals surface area (Å²) in [6.07, 6.45) is -0.639. The number of nitrogens with two attached hydrogens (primary N) is 1. The fourth-order valence-corrected chi connectivity index (χ4v) is 2.53. The van der Waals surface area contributed by atoms with Crippen molar-refractivity contribution in [1.82, 2.24) is 4.57 Å². The molecule has 4 nitrogen and oxygen atoms in total. The van der Waals surface area contributed by atoms with Crippen LogP contribution in [0.25, 0.3) is 10.9 Å². The number of hydrogen-bond acceptors (Lipinski definition) is 3. The van der Waals surface area contributed by atoms with E-state index in [0.29, 0.717) is 0 Å². The van der Waals surface area contributed by atoms with Gasteiger partial charge in [-0.3, -0.25) is 0 Å². The Labute approximate surface area is 107 Å². The summed E-state index contributed by atoms with van der Waals surface area (Å²) in [6.45, 7) is 4.22. The van der Waals surface area contributed by atoms with Crippen LogP contribution in [0, 0.1) is 13.8 Å². The number of hydrogen-bond donors (Lipinski definition) is 2. The molecule has 4 heteroatoms. The van der Waals surface area contributed by atoms with E-state index in [9.17, 15) is 5.11 Å². The van der Waals surface area contributed by atoms with Crippen molar-refractivity contribution in [2.45, 2.75) is 20.0 Å². The SMILES string of the molecule is COc1cc(C)cc2c(C(O)CN)c(C)n(C)c12. The zero-order valence-electron chi connectivity index (χ0n) is 11.3. The highest BCUT2D eigenvalue weighted by Crippen LogP contribution is 2.36. The van der Waals surface area contributed by atoms with Crippen LogP contribution < -0.4 is 10.5 Å². The van der Waals surface area contributed by atoms with E-state index in [1.54, 1.807) is 7.11 Å². The van der Waals surface area contributed by atoms with E-state index in [1.165, 1.54) is 0 Å². The number of rotatable bonds is 3. The van der Waals surface area contributed by atoms with Gasteiger partial charge in [0.05, 0.1) is 18.7 Å². The van der Waals surface area contributed by atoms with Gasteiger partial charge in [0.25, 0.3) is 0 Å². The molecule has 0 saturated carbocycles. The van der Waals surface area contributed by atoms with Crippen molar-refractivity contribution in [2.75, 3.05) is 13.7 Å². The topological polar surface area (TPSA) is 60.4 Å². The quantitative estimate of drug-likeness (QED) is 0.870. The largest absolute Gasteiger partial charge is 0.495 e. The van der Waals surface area contributed by atoms with E-state index < -0.39 is 6.10 Å². The van der Waals surface area contributed by atoms with Crippen molar-refractivity contribution in [1.29, 1.82) is 0 Å². The molecule has 98 valence electrons. The number of aliphatic hydroxyl groups is 1. The molecular formula is C14H20N2O2. The fourth-order valence-electron chi connectivity index (χ4n) is 2.53. The lowest BCUT2D eigenvalue weighted by atomic mass is 10.0. The molecule has 0 aliphatic heterocycles. The Bertz CT molecular complexity index is 587. The van der Waals surface area contributed by atoms with Crippen LogP contribution >= 0.6 is 0 Å². The van der Waals surface area contributed by atoms with Crippen LogP contribution in [0.15, 0.2) is 12.1 Å². The van der Waals surface area contributed by atoms with Crippen molar-refractivity contribution in [3.63, 3.8) is 0 Å². The Kier molecular flexibility index (Phi) is 3.32. The summed E-state index contributed by atoms with van der Waals surface area (Å²) >= 11 is 0. The summed E-state index contributed by atoms with van der Waals surface area (Å²) < 4.78 is 7.48. The second-order valence-electron chi connectivity index (χ2n) is 4.67. The molecule has 0 radical (unpaired) electrons. The first kappa shape index (κ1) is 12.9. The first-order valence-electron chi connectivity index (χ1n) is 6.02. The van der Waals surface area contributed by atoms with Crippen LogP contribution in [0.5, 0.6) is 5.75 Å². The smallest absolute Gasteiger partial charge is 0.143 e. The number of aromatic nitrogens is 1. The first-order chi connectivity index (χ1) is 8.51. The highest BCUT2D eigenvalue weighted by molar-refractivity contribution is 5.91. The van der Waals surface area contributed by atoms with Crippen molar-refractivity contribution < 1.29 is 9.84 Å². The zero-order chi connectivity index (χ0) is 13.4. The van der Waals surface area contributed by atoms with Crippen molar-refractivity contribution in [2.24, 2.45) is 12.8 Å². The average Bonchev–Trinajstić information content (AvgIpc) is 2.60. The predicted molar refractivity (Wildman–Crippen MR) is 73.0 cm³/mol. The third-order valence-electron chi connectivity index (χ3n) is 3.51. The molecule has 1 aromatic carbocycles. The highest BCUT2D eigenvalue weighted by Gasteiger charge is 2.20. The van der Waals surface area contributed by atoms with E-state index in [-0.39, 0.29) is 6.54 Å². The van der Waals surface area contributed by atoms with Crippen LogP contribution in [0.2, 0.25) is 0 Å². The van der Waals surface area contributed by atoms with Gasteiger partial charge in [0, 0.05) is 30.2 Å². The van der Waals surface area contributed by atoms with Gasteiger partial charge in [-0.1, -0.05) is 0 Å². The number of benzene rings is 1. The number of aryl methyl sites for hydroxylation is 2. The maximum absolute atomic E-state index is 10.1. The van der Waals surface area contributed by atoms with E-state index in [4.69, 9.17) is 10.5 Å². The van der Waals surface area contributed by atoms with Gasteiger partial charge in [-0.25, -0.2) is 0 Å². The van der Waals surface area contributed by atoms with Crippen LogP contribution in [-0.4, -0.2) is 23.3 Å². The van der Waals surface area contributed by atoms with Gasteiger partial charge in [0.1, 0.15) is 5.75 Å². The molecule has 0 fully saturated rings. The molecule has 0 amide bonds. The van der Waals surface area contributed by atoms with Gasteiger partial charge in [-0.15, -0.1) is 0 Å². The molecule has 1 atom stereocenters. The second-order valence-corrected chi connectivity index (χ2v) is 4.67. The van der Waals surface area contributed by atoms with Gasteiger partial charge < -0.3 is 20.1 Å². The summed E-state index contributed by atoms with van der Waals surface area (Å²) in [4.78, 5) is 0. The number of methoxy groups -OCH3 is 1. The molecule has 0 saturated heterocycles. The Morgan fingerprint density at radius 3 is 2.61 bits per heavy atom. The van der Waals surface area contributed by atoms with Crippen molar-refractivity contribution in [3.8, 4) is 5.75 Å². The normalized spacial score (nSPS) is 13.0. The monoisotopic (exact) mass is 248 g/mol. The number of ether oxygens (including phenoxy) is 1. The lowest BCUT2D eigenvalue weighted by molar-refractivity contribution is 0.187. The van der Waals surface area contributed by atoms with Gasteiger partial charge in [0.2, 0.25) is 0 Å². The Balaban J connectivity index is 2.88. The second kappa shape index (κ2) is 4.63. The molecule has 1 unspecified atom stereocenters. The number of fused-ring (bicyclic) bond motifs is 1. The van der Waals surface area contributed by atoms with Gasteiger partial charge in [0.15, 0.2) is 0 Å². The molecule has 0 spiro atoms. The third-order valence-corrected chi connectivity index (χ3v) is 3.51. The predicted octanol–water partition coefficient (Wildman–Crippen LogP) is 1.80. The minimum Gasteiger partial charge on any atom is -0.495 e. The zero-order valence-corrected chi connectivity index (χ0v) is 11.3.